The number of nitrogens with one attached hydrogen (secondary N) is 2. The number of alkyl halides is 3. The van der Waals surface area contributed by atoms with Crippen LogP contribution in [-0.4, -0.2) is 87.8 Å². The van der Waals surface area contributed by atoms with Gasteiger partial charge in [0.1, 0.15) is 5.75 Å². The van der Waals surface area contributed by atoms with E-state index >= 15 is 0 Å². The second-order valence-corrected chi connectivity index (χ2v) is 14.4. The molecule has 49 heavy (non-hydrogen) atoms. The number of hydroxylamine groups is 1. The van der Waals surface area contributed by atoms with E-state index in [1.165, 1.54) is 23.0 Å². The summed E-state index contributed by atoms with van der Waals surface area (Å²) in [7, 11) is 0. The van der Waals surface area contributed by atoms with Crippen LogP contribution in [0.25, 0.3) is 0 Å². The van der Waals surface area contributed by atoms with E-state index in [9.17, 15) is 24.4 Å². The Balaban J connectivity index is 0.000000272. The zero-order valence-electron chi connectivity index (χ0n) is 28.1. The summed E-state index contributed by atoms with van der Waals surface area (Å²) in [6.07, 6.45) is 11.4. The highest BCUT2D eigenvalue weighted by Crippen LogP contribution is 2.60. The molecule has 0 saturated heterocycles. The number of ether oxygens (including phenoxy) is 1. The number of nitrogens with two attached hydrogens (primary N) is 1. The van der Waals surface area contributed by atoms with E-state index in [-0.39, 0.29) is 30.0 Å². The van der Waals surface area contributed by atoms with Crippen molar-refractivity contribution >= 4 is 53.0 Å². The lowest BCUT2D eigenvalue weighted by atomic mass is 9.55. The summed E-state index contributed by atoms with van der Waals surface area (Å²) in [5.41, 5.74) is 8.28. The first-order chi connectivity index (χ1) is 23.5. The van der Waals surface area contributed by atoms with Crippen LogP contribution < -0.4 is 21.3 Å². The number of carbonyl (C=O) groups is 3. The van der Waals surface area contributed by atoms with E-state index in [1.807, 2.05) is 12.1 Å². The van der Waals surface area contributed by atoms with Crippen LogP contribution in [0.5, 0.6) is 5.75 Å². The van der Waals surface area contributed by atoms with Crippen LogP contribution in [0.2, 0.25) is 0 Å². The number of hydrogen-bond acceptors (Lipinski definition) is 8. The van der Waals surface area contributed by atoms with Crippen molar-refractivity contribution in [2.24, 2.45) is 28.3 Å². The molecule has 3 fully saturated rings. The van der Waals surface area contributed by atoms with Crippen molar-refractivity contribution in [3.05, 3.63) is 34.2 Å². The Morgan fingerprint density at radius 2 is 1.65 bits per heavy atom. The van der Waals surface area contributed by atoms with E-state index in [2.05, 4.69) is 29.3 Å². The first-order valence-electron chi connectivity index (χ1n) is 17.1. The Labute approximate surface area is 303 Å². The maximum atomic E-state index is 12.4. The van der Waals surface area contributed by atoms with E-state index in [1.54, 1.807) is 4.90 Å². The molecule has 1 aromatic rings. The number of rotatable bonds is 9. The first kappa shape index (κ1) is 40.8. The Morgan fingerprint density at radius 1 is 1.00 bits per heavy atom. The summed E-state index contributed by atoms with van der Waals surface area (Å²) in [6.45, 7) is 3.31. The largest absolute Gasteiger partial charge is 0.415 e. The molecule has 276 valence electrons. The van der Waals surface area contributed by atoms with Crippen molar-refractivity contribution in [2.45, 2.75) is 95.6 Å². The lowest BCUT2D eigenvalue weighted by molar-refractivity contribution is -0.0226. The van der Waals surface area contributed by atoms with Gasteiger partial charge >= 0.3 is 18.2 Å². The minimum Gasteiger partial charge on any atom is -0.410 e. The van der Waals surface area contributed by atoms with E-state index in [0.29, 0.717) is 48.4 Å². The molecule has 0 spiro atoms. The highest BCUT2D eigenvalue weighted by Gasteiger charge is 2.54. The van der Waals surface area contributed by atoms with Gasteiger partial charge in [0, 0.05) is 36.8 Å². The molecule has 3 saturated carbocycles. The first-order valence-corrected chi connectivity index (χ1v) is 18.7. The lowest BCUT2D eigenvalue weighted by Gasteiger charge is -2.50. The normalized spacial score (nSPS) is 25.3. The molecule has 4 aliphatic rings. The number of carbonyl (C=O) groups excluding carboxylic acids is 3. The summed E-state index contributed by atoms with van der Waals surface area (Å²) in [6, 6.07) is 4.94. The average molecular weight is 750 g/mol. The smallest absolute Gasteiger partial charge is 0.410 e. The lowest BCUT2D eigenvalue weighted by Crippen LogP contribution is -2.43. The number of aliphatic hydroxyl groups is 1. The zero-order chi connectivity index (χ0) is 36.0. The third-order valence-electron chi connectivity index (χ3n) is 10.5. The third kappa shape index (κ3) is 11.2. The van der Waals surface area contributed by atoms with Gasteiger partial charge in [-0.25, -0.2) is 19.9 Å². The molecule has 0 bridgehead atoms. The number of fused-ring (bicyclic) bond motifs is 5. The fraction of sp³-hybridized carbons (Fsp3) is 0.727. The molecule has 0 aromatic heterocycles. The van der Waals surface area contributed by atoms with E-state index in [0.717, 1.165) is 69.2 Å². The van der Waals surface area contributed by atoms with Gasteiger partial charge in [-0.2, -0.15) is 5.01 Å². The van der Waals surface area contributed by atoms with Crippen LogP contribution in [0.4, 0.5) is 14.4 Å². The number of hydrogen-bond donors (Lipinski definition) is 5. The van der Waals surface area contributed by atoms with Crippen molar-refractivity contribution in [1.29, 1.82) is 0 Å². The van der Waals surface area contributed by atoms with Gasteiger partial charge in [-0.15, -0.1) is 39.7 Å². The molecule has 13 nitrogen and oxygen atoms in total. The van der Waals surface area contributed by atoms with Crippen LogP contribution in [-0.2, 0) is 6.42 Å². The monoisotopic (exact) mass is 748 g/mol. The van der Waals surface area contributed by atoms with Crippen LogP contribution in [0.15, 0.2) is 23.5 Å². The summed E-state index contributed by atoms with van der Waals surface area (Å²) in [4.78, 5) is 45.0. The molecule has 0 aliphatic heterocycles. The summed E-state index contributed by atoms with van der Waals surface area (Å²) < 4.78 is 5.62. The number of nitrogens with zero attached hydrogens (tertiary/aromatic N) is 3. The number of aliphatic hydroxyl groups excluding tert-OH is 1. The molecule has 0 unspecified atom stereocenters. The molecule has 0 heterocycles. The molecule has 4 aliphatic carbocycles. The van der Waals surface area contributed by atoms with Crippen LogP contribution >= 0.6 is 34.8 Å². The number of amides is 5. The van der Waals surface area contributed by atoms with Gasteiger partial charge in [0.2, 0.25) is 0 Å². The van der Waals surface area contributed by atoms with Crippen molar-refractivity contribution in [2.75, 3.05) is 37.3 Å². The second kappa shape index (κ2) is 20.3. The van der Waals surface area contributed by atoms with Gasteiger partial charge < -0.3 is 25.8 Å². The third-order valence-corrected chi connectivity index (χ3v) is 11.0. The average Bonchev–Trinajstić information content (AvgIpc) is 3.41. The Kier molecular flexibility index (Phi) is 16.9. The quantitative estimate of drug-likeness (QED) is 0.0828. The zero-order valence-corrected chi connectivity index (χ0v) is 30.4. The van der Waals surface area contributed by atoms with Gasteiger partial charge in [0.15, 0.2) is 0 Å². The number of urea groups is 2. The number of halogens is 3. The molecule has 5 amide bonds. The van der Waals surface area contributed by atoms with Gasteiger partial charge in [-0.1, -0.05) is 32.3 Å². The molecule has 16 heteroatoms. The van der Waals surface area contributed by atoms with Crippen molar-refractivity contribution in [3.63, 3.8) is 0 Å². The predicted octanol–water partition coefficient (Wildman–Crippen LogP) is 6.48. The predicted molar refractivity (Wildman–Crippen MR) is 189 cm³/mol. The summed E-state index contributed by atoms with van der Waals surface area (Å²) >= 11 is 17.0. The molecule has 1 aromatic carbocycles. The maximum absolute atomic E-state index is 12.4. The summed E-state index contributed by atoms with van der Waals surface area (Å²) in [5.74, 6) is 3.37. The maximum Gasteiger partial charge on any atom is 0.415 e. The Hall–Kier alpha value is -2.58. The second-order valence-electron chi connectivity index (χ2n) is 13.3. The number of primary amides is 1. The fourth-order valence-electron chi connectivity index (χ4n) is 8.01. The van der Waals surface area contributed by atoms with E-state index < -0.39 is 18.2 Å². The standard InChI is InChI=1S/C23H31Cl2NO3.C9H16ClN3O2.CH4N2O2/c1-23-9-8-18-17-5-3-16(29-22(28)26(12-10-24)13-11-25)14-15(17)2-4-19(18)20(23)6-7-21(23)27;10-6-7-13(12-15)9(14)11-8-4-2-1-3-5-8;2-1(4)3-5/h3,5,14,18-21,27H,2,4,6-13H2,1H3;8H,1-7H2,(H,11,14);5H,(H3,2,3,4)/t18-,19-,20+,21+,23+;;/m1../s1. The fourth-order valence-corrected chi connectivity index (χ4v) is 8.58. The van der Waals surface area contributed by atoms with Crippen molar-refractivity contribution in [1.82, 2.24) is 20.7 Å². The molecule has 5 rings (SSSR count). The molecule has 5 atom stereocenters. The van der Waals surface area contributed by atoms with Gasteiger partial charge in [0.05, 0.1) is 17.9 Å². The van der Waals surface area contributed by atoms with Gasteiger partial charge in [0.25, 0.3) is 0 Å². The molecular formula is C33H51Cl3N6O7. The van der Waals surface area contributed by atoms with Crippen LogP contribution in [0, 0.1) is 22.2 Å². The summed E-state index contributed by atoms with van der Waals surface area (Å²) in [5, 5.41) is 24.2. The topological polar surface area (TPSA) is 187 Å². The highest BCUT2D eigenvalue weighted by atomic mass is 35.5. The molecule has 6 N–H and O–H groups in total. The minimum absolute atomic E-state index is 0.0996. The number of nitroso groups, excluding NO2 is 1. The van der Waals surface area contributed by atoms with Crippen molar-refractivity contribution < 1.29 is 29.4 Å². The van der Waals surface area contributed by atoms with Crippen LogP contribution in [0.1, 0.15) is 88.2 Å². The van der Waals surface area contributed by atoms with Gasteiger partial charge in [-0.05, 0) is 97.8 Å². The Morgan fingerprint density at radius 3 is 2.24 bits per heavy atom. The SMILES string of the molecule is C[C@]12CC[C@@H]3c4ccc(OC(=O)N(CCCl)CCCl)cc4CC[C@H]3[C@@H]1CC[C@@H]2O.NC(=O)NO.O=NN(CCCl)C(=O)NC1CCCCC1. The van der Waals surface area contributed by atoms with Gasteiger partial charge in [-0.3, -0.25) is 5.21 Å². The minimum atomic E-state index is -0.940. The number of benzene rings is 1. The number of aryl methyl sites for hydroxylation is 1. The van der Waals surface area contributed by atoms with Crippen molar-refractivity contribution in [3.8, 4) is 5.75 Å². The molecule has 0 radical (unpaired) electrons. The Bertz CT molecular complexity index is 1240. The molecular weight excluding hydrogens is 699 g/mol. The van der Waals surface area contributed by atoms with E-state index in [4.69, 9.17) is 44.7 Å². The highest BCUT2D eigenvalue weighted by molar-refractivity contribution is 6.18. The van der Waals surface area contributed by atoms with Crippen LogP contribution in [0.3, 0.4) is 0 Å².